The van der Waals surface area contributed by atoms with Crippen molar-refractivity contribution in [2.75, 3.05) is 20.5 Å². The zero-order chi connectivity index (χ0) is 36.0. The molecule has 0 aliphatic carbocycles. The molecule has 5 aromatic rings. The minimum absolute atomic E-state index is 0.0234. The van der Waals surface area contributed by atoms with E-state index in [1.807, 2.05) is 121 Å². The summed E-state index contributed by atoms with van der Waals surface area (Å²) >= 11 is 6.60. The van der Waals surface area contributed by atoms with Crippen molar-refractivity contribution in [3.8, 4) is 5.75 Å². The molecule has 1 unspecified atom stereocenters. The van der Waals surface area contributed by atoms with Gasteiger partial charge in [-0.3, -0.25) is 0 Å². The van der Waals surface area contributed by atoms with Gasteiger partial charge >= 0.3 is 0 Å². The summed E-state index contributed by atoms with van der Waals surface area (Å²) in [4.78, 5) is 0. The largest absolute Gasteiger partial charge is 0.467 e. The van der Waals surface area contributed by atoms with Crippen LogP contribution in [0.3, 0.4) is 0 Å². The Kier molecular flexibility index (Phi) is 14.2. The van der Waals surface area contributed by atoms with Crippen LogP contribution >= 0.6 is 11.6 Å². The number of benzene rings is 5. The maximum Gasteiger partial charge on any atom is 0.188 e. The van der Waals surface area contributed by atoms with Gasteiger partial charge in [-0.25, -0.2) is 0 Å². The summed E-state index contributed by atoms with van der Waals surface area (Å²) in [5.41, 5.74) is 5.19. The molecule has 272 valence electrons. The number of ether oxygens (including phenoxy) is 7. The van der Waals surface area contributed by atoms with E-state index in [1.165, 1.54) is 0 Å². The second-order valence-corrected chi connectivity index (χ2v) is 13.0. The van der Waals surface area contributed by atoms with Crippen LogP contribution in [-0.4, -0.2) is 50.0 Å². The fraction of sp³-hybridized carbons (Fsp3) is 0.302. The maximum absolute atomic E-state index is 10.3. The van der Waals surface area contributed by atoms with Crippen molar-refractivity contribution in [2.24, 2.45) is 0 Å². The van der Waals surface area contributed by atoms with E-state index in [2.05, 4.69) is 0 Å². The fourth-order valence-electron chi connectivity index (χ4n) is 6.25. The molecule has 0 radical (unpaired) electrons. The van der Waals surface area contributed by atoms with Crippen molar-refractivity contribution in [1.29, 1.82) is 0 Å². The molecule has 1 aliphatic rings. The van der Waals surface area contributed by atoms with Crippen molar-refractivity contribution in [1.82, 2.24) is 0 Å². The molecule has 1 N–H and O–H groups in total. The second kappa shape index (κ2) is 19.7. The highest BCUT2D eigenvalue weighted by Crippen LogP contribution is 2.43. The summed E-state index contributed by atoms with van der Waals surface area (Å²) in [5, 5.41) is 10.7. The van der Waals surface area contributed by atoms with Gasteiger partial charge in [-0.05, 0) is 39.9 Å². The molecule has 1 aliphatic heterocycles. The molecule has 0 aromatic heterocycles. The van der Waals surface area contributed by atoms with Crippen molar-refractivity contribution in [2.45, 2.75) is 63.6 Å². The fourth-order valence-corrected chi connectivity index (χ4v) is 6.46. The van der Waals surface area contributed by atoms with E-state index < -0.39 is 30.5 Å². The lowest BCUT2D eigenvalue weighted by Gasteiger charge is -2.46. The molecule has 5 atom stereocenters. The third-order valence-corrected chi connectivity index (χ3v) is 9.22. The van der Waals surface area contributed by atoms with Gasteiger partial charge in [0.05, 0.1) is 39.6 Å². The van der Waals surface area contributed by atoms with E-state index in [1.54, 1.807) is 19.2 Å². The van der Waals surface area contributed by atoms with Crippen molar-refractivity contribution >= 4 is 11.6 Å². The molecular weight excluding hydrogens is 680 g/mol. The predicted octanol–water partition coefficient (Wildman–Crippen LogP) is 8.23. The molecule has 0 spiro atoms. The molecule has 8 nitrogen and oxygen atoms in total. The first-order valence-corrected chi connectivity index (χ1v) is 17.8. The van der Waals surface area contributed by atoms with Gasteiger partial charge in [0.2, 0.25) is 0 Å². The Morgan fingerprint density at radius 1 is 0.615 bits per heavy atom. The van der Waals surface area contributed by atoms with Crippen LogP contribution < -0.4 is 4.74 Å². The molecule has 9 heteroatoms. The topological polar surface area (TPSA) is 84.8 Å². The van der Waals surface area contributed by atoms with Crippen LogP contribution in [0, 0.1) is 0 Å². The summed E-state index contributed by atoms with van der Waals surface area (Å²) < 4.78 is 45.3. The minimum Gasteiger partial charge on any atom is -0.467 e. The van der Waals surface area contributed by atoms with Crippen LogP contribution in [0.15, 0.2) is 133 Å². The van der Waals surface area contributed by atoms with Crippen LogP contribution in [0.1, 0.15) is 39.5 Å². The Hall–Kier alpha value is -4.09. The Labute approximate surface area is 310 Å². The highest BCUT2D eigenvalue weighted by atomic mass is 35.5. The highest BCUT2D eigenvalue weighted by molar-refractivity contribution is 6.31. The van der Waals surface area contributed by atoms with Crippen LogP contribution in [0.2, 0.25) is 5.02 Å². The van der Waals surface area contributed by atoms with Gasteiger partial charge in [0.1, 0.15) is 36.3 Å². The molecule has 5 aromatic carbocycles. The van der Waals surface area contributed by atoms with Gasteiger partial charge in [0.15, 0.2) is 6.79 Å². The first-order chi connectivity index (χ1) is 25.6. The average molecular weight is 725 g/mol. The van der Waals surface area contributed by atoms with Crippen molar-refractivity contribution < 1.29 is 38.3 Å². The molecule has 0 bridgehead atoms. The Bertz CT molecular complexity index is 1760. The van der Waals surface area contributed by atoms with E-state index >= 15 is 0 Å². The number of hydrogen-bond donors (Lipinski definition) is 1. The molecule has 0 saturated carbocycles. The number of aliphatic hydroxyl groups excluding tert-OH is 1. The maximum atomic E-state index is 10.3. The van der Waals surface area contributed by atoms with Crippen molar-refractivity contribution in [3.63, 3.8) is 0 Å². The Morgan fingerprint density at radius 3 is 1.60 bits per heavy atom. The van der Waals surface area contributed by atoms with E-state index in [-0.39, 0.29) is 26.6 Å². The summed E-state index contributed by atoms with van der Waals surface area (Å²) in [6.45, 7) is 1.20. The minimum atomic E-state index is -0.749. The van der Waals surface area contributed by atoms with Crippen LogP contribution in [0.5, 0.6) is 5.75 Å². The Balaban J connectivity index is 1.42. The number of aliphatic hydroxyl groups is 1. The molecule has 1 fully saturated rings. The molecule has 52 heavy (non-hydrogen) atoms. The van der Waals surface area contributed by atoms with Gasteiger partial charge in [0, 0.05) is 17.7 Å². The first kappa shape index (κ1) is 37.7. The first-order valence-electron chi connectivity index (χ1n) is 17.4. The van der Waals surface area contributed by atoms with E-state index in [9.17, 15) is 5.11 Å². The van der Waals surface area contributed by atoms with Crippen LogP contribution in [-0.2, 0) is 61.5 Å². The number of rotatable bonds is 18. The molecule has 6 rings (SSSR count). The van der Waals surface area contributed by atoms with Gasteiger partial charge in [-0.15, -0.1) is 0 Å². The lowest BCUT2D eigenvalue weighted by Crippen LogP contribution is -2.58. The SMILES string of the molecule is COCOc1cc(Cl)c(CO)cc1[C@@H]1O[C@H](COCc2ccccc2)[C@@H](OCc2ccccc2)C(OCc2ccccc2)[C@H]1OCc1ccccc1. The smallest absolute Gasteiger partial charge is 0.188 e. The summed E-state index contributed by atoms with van der Waals surface area (Å²) in [7, 11) is 1.55. The standard InChI is InChI=1S/C43H45ClO8/c1-46-30-51-38-23-37(44)35(24-45)22-36(38)40-42(49-27-33-18-10-4-11-19-33)43(50-28-34-20-12-5-13-21-34)41(48-26-32-16-8-3-9-17-32)39(52-40)29-47-25-31-14-6-2-7-15-31/h2-23,39-43,45H,24-30H2,1H3/t39-,40+,41-,42+,43?/m1/s1. The van der Waals surface area contributed by atoms with Crippen molar-refractivity contribution in [3.05, 3.63) is 172 Å². The number of hydrogen-bond acceptors (Lipinski definition) is 8. The van der Waals surface area contributed by atoms with E-state index in [0.717, 1.165) is 22.3 Å². The molecule has 0 amide bonds. The highest BCUT2D eigenvalue weighted by Gasteiger charge is 2.50. The van der Waals surface area contributed by atoms with Gasteiger partial charge in [-0.1, -0.05) is 133 Å². The van der Waals surface area contributed by atoms with Gasteiger partial charge in [0.25, 0.3) is 0 Å². The third kappa shape index (κ3) is 10.3. The normalized spacial score (nSPS) is 20.1. The zero-order valence-electron chi connectivity index (χ0n) is 29.2. The van der Waals surface area contributed by atoms with Gasteiger partial charge < -0.3 is 38.3 Å². The quantitative estimate of drug-likeness (QED) is 0.0906. The third-order valence-electron chi connectivity index (χ3n) is 8.87. The monoisotopic (exact) mass is 724 g/mol. The van der Waals surface area contributed by atoms with E-state index in [0.29, 0.717) is 41.7 Å². The second-order valence-electron chi connectivity index (χ2n) is 12.6. The zero-order valence-corrected chi connectivity index (χ0v) is 30.0. The molecule has 1 heterocycles. The summed E-state index contributed by atoms with van der Waals surface area (Å²) in [5.74, 6) is 0.441. The van der Waals surface area contributed by atoms with Crippen LogP contribution in [0.25, 0.3) is 0 Å². The molecular formula is C43H45ClO8. The van der Waals surface area contributed by atoms with E-state index in [4.69, 9.17) is 44.8 Å². The van der Waals surface area contributed by atoms with Crippen LogP contribution in [0.4, 0.5) is 0 Å². The predicted molar refractivity (Wildman–Crippen MR) is 199 cm³/mol. The lowest BCUT2D eigenvalue weighted by molar-refractivity contribution is -0.275. The summed E-state index contributed by atoms with van der Waals surface area (Å²) in [6.07, 6.45) is -3.29. The van der Waals surface area contributed by atoms with Gasteiger partial charge in [-0.2, -0.15) is 0 Å². The average Bonchev–Trinajstić information content (AvgIpc) is 3.19. The lowest BCUT2D eigenvalue weighted by atomic mass is 9.89. The molecule has 1 saturated heterocycles. The Morgan fingerprint density at radius 2 is 1.10 bits per heavy atom. The number of methoxy groups -OCH3 is 1. The number of halogens is 1. The summed E-state index contributed by atoms with van der Waals surface area (Å²) in [6, 6.07) is 43.5.